The Morgan fingerprint density at radius 1 is 1.44 bits per heavy atom. The van der Waals surface area contributed by atoms with Gasteiger partial charge in [-0.25, -0.2) is 0 Å². The first-order chi connectivity index (χ1) is 7.57. The fourth-order valence-corrected chi connectivity index (χ4v) is 2.57. The molecule has 16 heavy (non-hydrogen) atoms. The highest BCUT2D eigenvalue weighted by Gasteiger charge is 2.31. The van der Waals surface area contributed by atoms with Gasteiger partial charge in [0.1, 0.15) is 0 Å². The van der Waals surface area contributed by atoms with Crippen molar-refractivity contribution in [2.75, 3.05) is 20.1 Å². The lowest BCUT2D eigenvalue weighted by molar-refractivity contribution is 0.354. The Morgan fingerprint density at radius 2 is 2.25 bits per heavy atom. The average Bonchev–Trinajstić information content (AvgIpc) is 2.57. The highest BCUT2D eigenvalue weighted by atomic mass is 15.2. The van der Waals surface area contributed by atoms with Crippen LogP contribution in [0.15, 0.2) is 24.3 Å². The van der Waals surface area contributed by atoms with Crippen molar-refractivity contribution in [3.63, 3.8) is 0 Å². The van der Waals surface area contributed by atoms with Crippen molar-refractivity contribution in [1.82, 2.24) is 4.90 Å². The Labute approximate surface area is 98.4 Å². The van der Waals surface area contributed by atoms with E-state index in [-0.39, 0.29) is 5.54 Å². The molecule has 0 amide bonds. The summed E-state index contributed by atoms with van der Waals surface area (Å²) < 4.78 is 0. The Hall–Kier alpha value is -0.860. The summed E-state index contributed by atoms with van der Waals surface area (Å²) in [4.78, 5) is 2.33. The molecule has 1 aliphatic rings. The van der Waals surface area contributed by atoms with Crippen LogP contribution >= 0.6 is 0 Å². The van der Waals surface area contributed by atoms with E-state index in [1.807, 2.05) is 0 Å². The molecule has 0 aliphatic carbocycles. The molecule has 0 aromatic heterocycles. The van der Waals surface area contributed by atoms with Crippen molar-refractivity contribution in [2.24, 2.45) is 5.73 Å². The van der Waals surface area contributed by atoms with Crippen molar-refractivity contribution < 1.29 is 0 Å². The molecule has 2 nitrogen and oxygen atoms in total. The molecule has 0 saturated carbocycles. The second-order valence-corrected chi connectivity index (χ2v) is 5.34. The molecule has 1 atom stereocenters. The van der Waals surface area contributed by atoms with Gasteiger partial charge in [-0.05, 0) is 45.3 Å². The minimum atomic E-state index is 0.0402. The lowest BCUT2D eigenvalue weighted by atomic mass is 9.91. The van der Waals surface area contributed by atoms with Crippen LogP contribution in [0.3, 0.4) is 0 Å². The fourth-order valence-electron chi connectivity index (χ4n) is 2.57. The zero-order valence-corrected chi connectivity index (χ0v) is 10.4. The Morgan fingerprint density at radius 3 is 2.88 bits per heavy atom. The lowest BCUT2D eigenvalue weighted by Crippen LogP contribution is -2.42. The Kier molecular flexibility index (Phi) is 3.31. The van der Waals surface area contributed by atoms with E-state index < -0.39 is 0 Å². The topological polar surface area (TPSA) is 29.3 Å². The third-order valence-corrected chi connectivity index (χ3v) is 3.57. The first-order valence-electron chi connectivity index (χ1n) is 6.10. The van der Waals surface area contributed by atoms with Crippen LogP contribution in [-0.4, -0.2) is 30.6 Å². The molecule has 0 spiro atoms. The van der Waals surface area contributed by atoms with Crippen molar-refractivity contribution in [2.45, 2.75) is 31.7 Å². The van der Waals surface area contributed by atoms with Gasteiger partial charge in [0.05, 0.1) is 0 Å². The minimum absolute atomic E-state index is 0.0402. The number of hydrogen-bond acceptors (Lipinski definition) is 2. The summed E-state index contributed by atoms with van der Waals surface area (Å²) in [5.74, 6) is 0. The summed E-state index contributed by atoms with van der Waals surface area (Å²) in [5, 5.41) is 0. The number of nitrogens with zero attached hydrogens (tertiary/aromatic N) is 1. The molecule has 1 unspecified atom stereocenters. The van der Waals surface area contributed by atoms with Gasteiger partial charge in [-0.2, -0.15) is 0 Å². The molecule has 2 rings (SSSR count). The highest BCUT2D eigenvalue weighted by Crippen LogP contribution is 2.23. The summed E-state index contributed by atoms with van der Waals surface area (Å²) in [7, 11) is 2.15. The smallest absolute Gasteiger partial charge is 0.0298 e. The van der Waals surface area contributed by atoms with Gasteiger partial charge < -0.3 is 10.6 Å². The van der Waals surface area contributed by atoms with E-state index in [0.29, 0.717) is 0 Å². The standard InChI is InChI=1S/C14H22N2/c1-12-4-3-5-13(10-12)6-7-14(15)8-9-16(2)11-14/h3-5,10H,6-9,11,15H2,1-2H3. The quantitative estimate of drug-likeness (QED) is 0.840. The first kappa shape index (κ1) is 11.6. The van der Waals surface area contributed by atoms with Crippen LogP contribution in [0.4, 0.5) is 0 Å². The predicted molar refractivity (Wildman–Crippen MR) is 68.5 cm³/mol. The van der Waals surface area contributed by atoms with Gasteiger partial charge in [-0.1, -0.05) is 29.8 Å². The normalized spacial score (nSPS) is 26.2. The van der Waals surface area contributed by atoms with Crippen molar-refractivity contribution in [3.8, 4) is 0 Å². The number of rotatable bonds is 3. The van der Waals surface area contributed by atoms with Crippen LogP contribution in [0.2, 0.25) is 0 Å². The van der Waals surface area contributed by atoms with Crippen LogP contribution < -0.4 is 5.73 Å². The number of nitrogens with two attached hydrogens (primary N) is 1. The van der Waals surface area contributed by atoms with Crippen LogP contribution in [0.1, 0.15) is 24.0 Å². The van der Waals surface area contributed by atoms with E-state index in [1.54, 1.807) is 0 Å². The number of hydrogen-bond donors (Lipinski definition) is 1. The molecule has 1 aromatic carbocycles. The molecule has 1 fully saturated rings. The third kappa shape index (κ3) is 2.83. The fraction of sp³-hybridized carbons (Fsp3) is 0.571. The maximum atomic E-state index is 6.39. The lowest BCUT2D eigenvalue weighted by Gasteiger charge is -2.23. The highest BCUT2D eigenvalue weighted by molar-refractivity contribution is 5.22. The largest absolute Gasteiger partial charge is 0.324 e. The maximum Gasteiger partial charge on any atom is 0.0298 e. The van der Waals surface area contributed by atoms with Crippen molar-refractivity contribution in [1.29, 1.82) is 0 Å². The predicted octanol–water partition coefficient (Wildman–Crippen LogP) is 1.96. The van der Waals surface area contributed by atoms with Crippen LogP contribution in [0.25, 0.3) is 0 Å². The van der Waals surface area contributed by atoms with Gasteiger partial charge in [0.25, 0.3) is 0 Å². The molecule has 1 saturated heterocycles. The van der Waals surface area contributed by atoms with E-state index in [1.165, 1.54) is 11.1 Å². The van der Waals surface area contributed by atoms with Gasteiger partial charge in [0.2, 0.25) is 0 Å². The number of aryl methyl sites for hydroxylation is 2. The Balaban J connectivity index is 1.92. The minimum Gasteiger partial charge on any atom is -0.324 e. The van der Waals surface area contributed by atoms with E-state index >= 15 is 0 Å². The van der Waals surface area contributed by atoms with Gasteiger partial charge in [0, 0.05) is 12.1 Å². The van der Waals surface area contributed by atoms with Gasteiger partial charge in [-0.3, -0.25) is 0 Å². The average molecular weight is 218 g/mol. The summed E-state index contributed by atoms with van der Waals surface area (Å²) in [6.07, 6.45) is 3.34. The molecule has 88 valence electrons. The van der Waals surface area contributed by atoms with Gasteiger partial charge in [0.15, 0.2) is 0 Å². The van der Waals surface area contributed by atoms with Crippen LogP contribution in [0.5, 0.6) is 0 Å². The zero-order valence-electron chi connectivity index (χ0n) is 10.4. The SMILES string of the molecule is Cc1cccc(CCC2(N)CCN(C)C2)c1. The molecular weight excluding hydrogens is 196 g/mol. The number of benzene rings is 1. The van der Waals surface area contributed by atoms with Crippen LogP contribution in [0, 0.1) is 6.92 Å². The second-order valence-electron chi connectivity index (χ2n) is 5.34. The molecule has 0 radical (unpaired) electrons. The summed E-state index contributed by atoms with van der Waals surface area (Å²) in [5.41, 5.74) is 9.19. The van der Waals surface area contributed by atoms with E-state index in [2.05, 4.69) is 43.1 Å². The van der Waals surface area contributed by atoms with Crippen LogP contribution in [-0.2, 0) is 6.42 Å². The zero-order chi connectivity index (χ0) is 11.6. The van der Waals surface area contributed by atoms with E-state index in [4.69, 9.17) is 5.73 Å². The number of likely N-dealkylation sites (N-methyl/N-ethyl adjacent to an activating group) is 1. The second kappa shape index (κ2) is 4.56. The third-order valence-electron chi connectivity index (χ3n) is 3.57. The molecule has 0 bridgehead atoms. The summed E-state index contributed by atoms with van der Waals surface area (Å²) in [6, 6.07) is 8.75. The molecule has 2 heteroatoms. The summed E-state index contributed by atoms with van der Waals surface area (Å²) >= 11 is 0. The van der Waals surface area contributed by atoms with Crippen molar-refractivity contribution >= 4 is 0 Å². The van der Waals surface area contributed by atoms with E-state index in [9.17, 15) is 0 Å². The maximum absolute atomic E-state index is 6.39. The molecular formula is C14H22N2. The summed E-state index contributed by atoms with van der Waals surface area (Å²) in [6.45, 7) is 4.33. The monoisotopic (exact) mass is 218 g/mol. The molecule has 1 heterocycles. The first-order valence-corrected chi connectivity index (χ1v) is 6.10. The van der Waals surface area contributed by atoms with Crippen molar-refractivity contribution in [3.05, 3.63) is 35.4 Å². The molecule has 1 aromatic rings. The Bertz CT molecular complexity index is 362. The van der Waals surface area contributed by atoms with E-state index in [0.717, 1.165) is 32.4 Å². The molecule has 2 N–H and O–H groups in total. The number of likely N-dealkylation sites (tertiary alicyclic amines) is 1. The van der Waals surface area contributed by atoms with Gasteiger partial charge >= 0.3 is 0 Å². The van der Waals surface area contributed by atoms with Gasteiger partial charge in [-0.15, -0.1) is 0 Å². The molecule has 1 aliphatic heterocycles.